The summed E-state index contributed by atoms with van der Waals surface area (Å²) >= 11 is 0. The Morgan fingerprint density at radius 2 is 1.68 bits per heavy atom. The van der Waals surface area contributed by atoms with Crippen molar-refractivity contribution in [2.45, 2.75) is 26.7 Å². The first-order valence-corrected chi connectivity index (χ1v) is 7.25. The second-order valence-electron chi connectivity index (χ2n) is 5.83. The molecule has 0 aromatic heterocycles. The second kappa shape index (κ2) is 6.25. The van der Waals surface area contributed by atoms with E-state index in [0.29, 0.717) is 0 Å². The number of hydrogen-bond acceptors (Lipinski definition) is 2. The average molecular weight is 258 g/mol. The lowest BCUT2D eigenvalue weighted by molar-refractivity contribution is 0.438. The zero-order chi connectivity index (χ0) is 13.8. The molecule has 2 rings (SSSR count). The minimum atomic E-state index is 0.744. The molecule has 0 spiro atoms. The maximum absolute atomic E-state index is 3.42. The van der Waals surface area contributed by atoms with Gasteiger partial charge < -0.3 is 10.2 Å². The number of anilines is 1. The van der Waals surface area contributed by atoms with Crippen LogP contribution in [0.1, 0.15) is 29.5 Å². The molecule has 1 N–H and O–H groups in total. The van der Waals surface area contributed by atoms with Gasteiger partial charge in [0.25, 0.3) is 0 Å². The summed E-state index contributed by atoms with van der Waals surface area (Å²) in [6, 6.07) is 4.55. The van der Waals surface area contributed by atoms with Crippen molar-refractivity contribution in [3.63, 3.8) is 0 Å². The predicted molar refractivity (Wildman–Crippen MR) is 84.9 cm³/mol. The van der Waals surface area contributed by atoms with Crippen LogP contribution in [0, 0.1) is 19.8 Å². The molecule has 1 fully saturated rings. The van der Waals surface area contributed by atoms with E-state index in [1.165, 1.54) is 35.2 Å². The number of benzene rings is 1. The third-order valence-corrected chi connectivity index (χ3v) is 4.01. The third kappa shape index (κ3) is 3.60. The summed E-state index contributed by atoms with van der Waals surface area (Å²) in [6.07, 6.45) is 7.28. The molecule has 0 saturated carbocycles. The molecule has 1 aromatic rings. The molecule has 2 nitrogen and oxygen atoms in total. The summed E-state index contributed by atoms with van der Waals surface area (Å²) in [5.41, 5.74) is 5.42. The van der Waals surface area contributed by atoms with Crippen LogP contribution in [-0.4, -0.2) is 27.2 Å². The maximum Gasteiger partial charge on any atom is 0.0366 e. The first-order chi connectivity index (χ1) is 9.08. The van der Waals surface area contributed by atoms with Gasteiger partial charge in [0.05, 0.1) is 0 Å². The van der Waals surface area contributed by atoms with Gasteiger partial charge in [-0.25, -0.2) is 0 Å². The van der Waals surface area contributed by atoms with E-state index in [-0.39, 0.29) is 0 Å². The summed E-state index contributed by atoms with van der Waals surface area (Å²) < 4.78 is 0. The summed E-state index contributed by atoms with van der Waals surface area (Å²) in [7, 11) is 4.19. The van der Waals surface area contributed by atoms with E-state index in [9.17, 15) is 0 Å². The van der Waals surface area contributed by atoms with E-state index >= 15 is 0 Å². The van der Waals surface area contributed by atoms with Crippen molar-refractivity contribution < 1.29 is 0 Å². The topological polar surface area (TPSA) is 15.3 Å². The van der Waals surface area contributed by atoms with Gasteiger partial charge in [-0.15, -0.1) is 0 Å². The molecule has 104 valence electrons. The van der Waals surface area contributed by atoms with Crippen molar-refractivity contribution in [3.05, 3.63) is 34.9 Å². The highest BCUT2D eigenvalue weighted by Crippen LogP contribution is 2.24. The smallest absolute Gasteiger partial charge is 0.0366 e. The number of allylic oxidation sites excluding steroid dienone is 1. The van der Waals surface area contributed by atoms with Crippen LogP contribution in [0.5, 0.6) is 0 Å². The van der Waals surface area contributed by atoms with Crippen LogP contribution in [-0.2, 0) is 0 Å². The molecular formula is C17H26N2. The largest absolute Gasteiger partial charge is 0.378 e. The van der Waals surface area contributed by atoms with Crippen LogP contribution in [0.3, 0.4) is 0 Å². The molecular weight excluding hydrogens is 232 g/mol. The van der Waals surface area contributed by atoms with Gasteiger partial charge >= 0.3 is 0 Å². The first kappa shape index (κ1) is 14.1. The number of nitrogens with zero attached hydrogens (tertiary/aromatic N) is 1. The lowest BCUT2D eigenvalue weighted by Crippen LogP contribution is -2.26. The Kier molecular flexibility index (Phi) is 4.65. The molecule has 1 aliphatic heterocycles. The quantitative estimate of drug-likeness (QED) is 0.894. The van der Waals surface area contributed by atoms with Crippen molar-refractivity contribution in [2.75, 3.05) is 32.1 Å². The van der Waals surface area contributed by atoms with Crippen molar-refractivity contribution >= 4 is 11.8 Å². The molecule has 0 radical (unpaired) electrons. The number of nitrogens with one attached hydrogen (secondary N) is 1. The monoisotopic (exact) mass is 258 g/mol. The van der Waals surface area contributed by atoms with E-state index in [1.54, 1.807) is 0 Å². The molecule has 1 aromatic carbocycles. The highest BCUT2D eigenvalue weighted by Gasteiger charge is 2.10. The molecule has 0 atom stereocenters. The van der Waals surface area contributed by atoms with Crippen molar-refractivity contribution in [3.8, 4) is 0 Å². The first-order valence-electron chi connectivity index (χ1n) is 7.25. The molecule has 1 heterocycles. The molecule has 0 amide bonds. The molecule has 1 saturated heterocycles. The number of rotatable bonds is 3. The fraction of sp³-hybridized carbons (Fsp3) is 0.529. The Bertz CT molecular complexity index is 431. The molecule has 0 unspecified atom stereocenters. The molecule has 0 bridgehead atoms. The second-order valence-corrected chi connectivity index (χ2v) is 5.83. The van der Waals surface area contributed by atoms with E-state index in [4.69, 9.17) is 0 Å². The van der Waals surface area contributed by atoms with Gasteiger partial charge in [-0.1, -0.05) is 12.2 Å². The van der Waals surface area contributed by atoms with Gasteiger partial charge in [0.2, 0.25) is 0 Å². The number of aryl methyl sites for hydroxylation is 2. The zero-order valence-corrected chi connectivity index (χ0v) is 12.7. The molecule has 2 heteroatoms. The third-order valence-electron chi connectivity index (χ3n) is 4.01. The lowest BCUT2D eigenvalue weighted by atomic mass is 9.94. The minimum Gasteiger partial charge on any atom is -0.378 e. The van der Waals surface area contributed by atoms with Gasteiger partial charge in [0, 0.05) is 19.8 Å². The Hall–Kier alpha value is -1.28. The molecule has 1 aliphatic rings. The van der Waals surface area contributed by atoms with Crippen LogP contribution in [0.25, 0.3) is 6.08 Å². The average Bonchev–Trinajstić information content (AvgIpc) is 2.38. The van der Waals surface area contributed by atoms with Crippen molar-refractivity contribution in [2.24, 2.45) is 5.92 Å². The maximum atomic E-state index is 3.42. The summed E-state index contributed by atoms with van der Waals surface area (Å²) in [5, 5.41) is 3.42. The van der Waals surface area contributed by atoms with Crippen LogP contribution in [0.2, 0.25) is 0 Å². The van der Waals surface area contributed by atoms with E-state index < -0.39 is 0 Å². The van der Waals surface area contributed by atoms with Gasteiger partial charge in [0.15, 0.2) is 0 Å². The predicted octanol–water partition coefficient (Wildman–Crippen LogP) is 3.38. The van der Waals surface area contributed by atoms with Gasteiger partial charge in [-0.3, -0.25) is 0 Å². The van der Waals surface area contributed by atoms with Crippen LogP contribution < -0.4 is 10.2 Å². The van der Waals surface area contributed by atoms with E-state index in [1.807, 2.05) is 0 Å². The number of piperidine rings is 1. The van der Waals surface area contributed by atoms with Gasteiger partial charge in [-0.2, -0.15) is 0 Å². The Balaban J connectivity index is 2.17. The highest BCUT2D eigenvalue weighted by atomic mass is 15.1. The highest BCUT2D eigenvalue weighted by molar-refractivity contribution is 5.63. The normalized spacial score (nSPS) is 17.1. The fourth-order valence-corrected chi connectivity index (χ4v) is 2.74. The van der Waals surface area contributed by atoms with Gasteiger partial charge in [0.1, 0.15) is 0 Å². The summed E-state index contributed by atoms with van der Waals surface area (Å²) in [4.78, 5) is 2.17. The number of hydrogen-bond donors (Lipinski definition) is 1. The zero-order valence-electron chi connectivity index (χ0n) is 12.7. The van der Waals surface area contributed by atoms with Gasteiger partial charge in [-0.05, 0) is 74.5 Å². The minimum absolute atomic E-state index is 0.744. The Morgan fingerprint density at radius 3 is 2.21 bits per heavy atom. The van der Waals surface area contributed by atoms with Crippen LogP contribution in [0.15, 0.2) is 18.2 Å². The lowest BCUT2D eigenvalue weighted by Gasteiger charge is -2.20. The van der Waals surface area contributed by atoms with Crippen LogP contribution in [0.4, 0.5) is 5.69 Å². The Morgan fingerprint density at radius 1 is 1.11 bits per heavy atom. The van der Waals surface area contributed by atoms with E-state index in [0.717, 1.165) is 19.0 Å². The van der Waals surface area contributed by atoms with E-state index in [2.05, 4.69) is 62.4 Å². The SMILES string of the molecule is Cc1cc(N(C)C)cc(C)c1C=CC1CCNCC1. The summed E-state index contributed by atoms with van der Waals surface area (Å²) in [5.74, 6) is 0.744. The fourth-order valence-electron chi connectivity index (χ4n) is 2.74. The summed E-state index contributed by atoms with van der Waals surface area (Å²) in [6.45, 7) is 6.74. The standard InChI is InChI=1S/C17H26N2/c1-13-11-16(19(3)4)12-14(2)17(13)6-5-15-7-9-18-10-8-15/h5-6,11-12,15,18H,7-10H2,1-4H3. The van der Waals surface area contributed by atoms with Crippen LogP contribution >= 0.6 is 0 Å². The van der Waals surface area contributed by atoms with Crippen molar-refractivity contribution in [1.29, 1.82) is 0 Å². The molecule has 0 aliphatic carbocycles. The Labute approximate surface area is 117 Å². The molecule has 19 heavy (non-hydrogen) atoms. The van der Waals surface area contributed by atoms with Crippen molar-refractivity contribution in [1.82, 2.24) is 5.32 Å².